The van der Waals surface area contributed by atoms with Crippen molar-refractivity contribution >= 4 is 17.7 Å². The summed E-state index contributed by atoms with van der Waals surface area (Å²) in [6.07, 6.45) is 1.96. The quantitative estimate of drug-likeness (QED) is 0.458. The molecule has 1 aromatic rings. The van der Waals surface area contributed by atoms with Crippen LogP contribution in [-0.4, -0.2) is 17.3 Å². The van der Waals surface area contributed by atoms with Gasteiger partial charge in [-0.1, -0.05) is 0 Å². The summed E-state index contributed by atoms with van der Waals surface area (Å²) >= 11 is 1.51. The number of hydrogen-bond acceptors (Lipinski definition) is 3. The molecule has 0 aliphatic rings. The molecule has 3 nitrogen and oxygen atoms in total. The van der Waals surface area contributed by atoms with E-state index in [0.717, 1.165) is 5.03 Å². The third-order valence-corrected chi connectivity index (χ3v) is 3.44. The zero-order valence-corrected chi connectivity index (χ0v) is 11.0. The first-order valence-electron chi connectivity index (χ1n) is 5.28. The number of carbonyl (C=O) groups is 1. The number of carbonyl (C=O) groups excluding carboxylic acids is 1. The number of hydrogen-bond donors (Lipinski definition) is 0. The number of thioether (sulfide) groups is 1. The fraction of sp³-hybridized carbons (Fsp3) is 0.500. The summed E-state index contributed by atoms with van der Waals surface area (Å²) < 4.78 is 6.48. The Kier molecular flexibility index (Phi) is 4.35. The molecule has 1 rings (SSSR count). The molecule has 0 atom stereocenters. The molecule has 0 saturated heterocycles. The average Bonchev–Trinajstić information content (AvgIpc) is 2.21. The van der Waals surface area contributed by atoms with E-state index in [0.29, 0.717) is 6.61 Å². The summed E-state index contributed by atoms with van der Waals surface area (Å²) in [5.41, 5.74) is 0. The number of rotatable bonds is 4. The first kappa shape index (κ1) is 13.0. The third-order valence-electron chi connectivity index (χ3n) is 2.13. The number of aryl methyl sites for hydroxylation is 1. The minimum absolute atomic E-state index is 0.177. The Morgan fingerprint density at radius 1 is 1.50 bits per heavy atom. The Bertz CT molecular complexity index is 377. The number of pyridine rings is 1. The smallest absolute Gasteiger partial charge is 0.322 e. The van der Waals surface area contributed by atoms with Crippen molar-refractivity contribution in [1.29, 1.82) is 0 Å². The molecular formula is C12H18NO2S+. The summed E-state index contributed by atoms with van der Waals surface area (Å²) in [4.78, 5) is 11.7. The van der Waals surface area contributed by atoms with Gasteiger partial charge in [-0.3, -0.25) is 4.79 Å². The van der Waals surface area contributed by atoms with E-state index in [2.05, 4.69) is 0 Å². The summed E-state index contributed by atoms with van der Waals surface area (Å²) in [5.74, 6) is -0.177. The summed E-state index contributed by atoms with van der Waals surface area (Å²) in [6, 6.07) is 5.91. The van der Waals surface area contributed by atoms with Gasteiger partial charge in [0.25, 0.3) is 0 Å². The standard InChI is InChI=1S/C12H18NO2S/c1-5-15-11(14)12(2,3)16-10-8-6-7-9-13(10)4/h6-9H,5H2,1-4H3/q+1. The molecule has 0 aromatic carbocycles. The highest BCUT2D eigenvalue weighted by Crippen LogP contribution is 2.31. The van der Waals surface area contributed by atoms with Crippen LogP contribution in [-0.2, 0) is 16.6 Å². The van der Waals surface area contributed by atoms with Crippen LogP contribution in [0.5, 0.6) is 0 Å². The summed E-state index contributed by atoms with van der Waals surface area (Å²) in [7, 11) is 1.96. The maximum absolute atomic E-state index is 11.7. The second-order valence-electron chi connectivity index (χ2n) is 3.98. The highest BCUT2D eigenvalue weighted by atomic mass is 32.2. The van der Waals surface area contributed by atoms with E-state index in [4.69, 9.17) is 4.74 Å². The van der Waals surface area contributed by atoms with Crippen LogP contribution in [0.15, 0.2) is 29.4 Å². The maximum atomic E-state index is 11.7. The van der Waals surface area contributed by atoms with E-state index in [1.807, 2.05) is 56.8 Å². The summed E-state index contributed by atoms with van der Waals surface area (Å²) in [5, 5.41) is 1.04. The molecule has 4 heteroatoms. The lowest BCUT2D eigenvalue weighted by Crippen LogP contribution is -2.35. The second-order valence-corrected chi connectivity index (χ2v) is 5.63. The Morgan fingerprint density at radius 3 is 2.75 bits per heavy atom. The van der Waals surface area contributed by atoms with Gasteiger partial charge in [0.15, 0.2) is 6.20 Å². The van der Waals surface area contributed by atoms with Crippen molar-refractivity contribution in [2.24, 2.45) is 7.05 Å². The van der Waals surface area contributed by atoms with E-state index >= 15 is 0 Å². The minimum Gasteiger partial charge on any atom is -0.465 e. The molecule has 0 amide bonds. The monoisotopic (exact) mass is 240 g/mol. The Labute approximate surface area is 101 Å². The van der Waals surface area contributed by atoms with Gasteiger partial charge in [0.2, 0.25) is 5.03 Å². The number of esters is 1. The van der Waals surface area contributed by atoms with Crippen molar-refractivity contribution in [3.8, 4) is 0 Å². The van der Waals surface area contributed by atoms with Crippen LogP contribution in [0, 0.1) is 0 Å². The van der Waals surface area contributed by atoms with Crippen molar-refractivity contribution in [3.05, 3.63) is 24.4 Å². The fourth-order valence-electron chi connectivity index (χ4n) is 1.22. The van der Waals surface area contributed by atoms with Crippen molar-refractivity contribution in [2.75, 3.05) is 6.61 Å². The van der Waals surface area contributed by atoms with Gasteiger partial charge >= 0.3 is 5.97 Å². The Balaban J connectivity index is 2.80. The molecule has 1 heterocycles. The van der Waals surface area contributed by atoms with Crippen LogP contribution in [0.1, 0.15) is 20.8 Å². The van der Waals surface area contributed by atoms with Crippen LogP contribution in [0.25, 0.3) is 0 Å². The molecule has 0 unspecified atom stereocenters. The molecule has 0 fully saturated rings. The maximum Gasteiger partial charge on any atom is 0.322 e. The lowest BCUT2D eigenvalue weighted by atomic mass is 10.2. The van der Waals surface area contributed by atoms with Gasteiger partial charge in [-0.15, -0.1) is 0 Å². The highest BCUT2D eigenvalue weighted by molar-refractivity contribution is 8.01. The van der Waals surface area contributed by atoms with Crippen molar-refractivity contribution in [3.63, 3.8) is 0 Å². The molecule has 0 aliphatic carbocycles. The second kappa shape index (κ2) is 5.34. The molecule has 88 valence electrons. The van der Waals surface area contributed by atoms with Crippen molar-refractivity contribution in [1.82, 2.24) is 0 Å². The Morgan fingerprint density at radius 2 is 2.19 bits per heavy atom. The molecule has 0 N–H and O–H groups in total. The van der Waals surface area contributed by atoms with Crippen LogP contribution in [0.4, 0.5) is 0 Å². The van der Waals surface area contributed by atoms with Crippen LogP contribution < -0.4 is 4.57 Å². The number of nitrogens with zero attached hydrogens (tertiary/aromatic N) is 1. The van der Waals surface area contributed by atoms with E-state index in [-0.39, 0.29) is 5.97 Å². The van der Waals surface area contributed by atoms with Gasteiger partial charge in [0.1, 0.15) is 11.8 Å². The van der Waals surface area contributed by atoms with Crippen LogP contribution in [0.2, 0.25) is 0 Å². The first-order valence-corrected chi connectivity index (χ1v) is 6.10. The molecule has 1 aromatic heterocycles. The van der Waals surface area contributed by atoms with Crippen molar-refractivity contribution < 1.29 is 14.1 Å². The topological polar surface area (TPSA) is 30.2 Å². The van der Waals surface area contributed by atoms with Crippen LogP contribution in [0.3, 0.4) is 0 Å². The third kappa shape index (κ3) is 3.23. The van der Waals surface area contributed by atoms with Gasteiger partial charge in [0, 0.05) is 12.1 Å². The normalized spacial score (nSPS) is 11.2. The van der Waals surface area contributed by atoms with Crippen LogP contribution >= 0.6 is 11.8 Å². The van der Waals surface area contributed by atoms with E-state index < -0.39 is 4.75 Å². The lowest BCUT2D eigenvalue weighted by Gasteiger charge is -2.19. The van der Waals surface area contributed by atoms with Gasteiger partial charge in [0.05, 0.1) is 6.61 Å². The van der Waals surface area contributed by atoms with Gasteiger partial charge in [-0.05, 0) is 38.6 Å². The van der Waals surface area contributed by atoms with Gasteiger partial charge < -0.3 is 4.74 Å². The molecule has 16 heavy (non-hydrogen) atoms. The van der Waals surface area contributed by atoms with E-state index in [9.17, 15) is 4.79 Å². The molecule has 0 aliphatic heterocycles. The van der Waals surface area contributed by atoms with Gasteiger partial charge in [-0.25, -0.2) is 0 Å². The molecule has 0 radical (unpaired) electrons. The SMILES string of the molecule is CCOC(=O)C(C)(C)Sc1cccc[n+]1C. The number of aromatic nitrogens is 1. The molecular weight excluding hydrogens is 222 g/mol. The lowest BCUT2D eigenvalue weighted by molar-refractivity contribution is -0.708. The molecule has 0 saturated carbocycles. The van der Waals surface area contributed by atoms with Crippen molar-refractivity contribution in [2.45, 2.75) is 30.5 Å². The summed E-state index contributed by atoms with van der Waals surface area (Å²) in [6.45, 7) is 6.00. The number of ether oxygens (including phenoxy) is 1. The van der Waals surface area contributed by atoms with E-state index in [1.54, 1.807) is 0 Å². The zero-order chi connectivity index (χ0) is 12.2. The first-order chi connectivity index (χ1) is 7.47. The predicted octanol–water partition coefficient (Wildman–Crippen LogP) is 1.94. The molecule has 0 spiro atoms. The van der Waals surface area contributed by atoms with E-state index in [1.165, 1.54) is 11.8 Å². The fourth-order valence-corrected chi connectivity index (χ4v) is 2.24. The Hall–Kier alpha value is -1.03. The largest absolute Gasteiger partial charge is 0.465 e. The average molecular weight is 240 g/mol. The highest BCUT2D eigenvalue weighted by Gasteiger charge is 2.33. The molecule has 0 bridgehead atoms. The predicted molar refractivity (Wildman–Crippen MR) is 64.2 cm³/mol. The van der Waals surface area contributed by atoms with Gasteiger partial charge in [-0.2, -0.15) is 4.57 Å². The zero-order valence-electron chi connectivity index (χ0n) is 10.2. The minimum atomic E-state index is -0.560.